The maximum Gasteiger partial charge on any atom is 0.0652 e. The molecule has 2 atom stereocenters. The SMILES string of the molecule is CCSC1CCCC1NCc1c(Cl)ccc(Cl)c1Cl. The van der Waals surface area contributed by atoms with E-state index >= 15 is 0 Å². The molecule has 1 nitrogen and oxygen atoms in total. The van der Waals surface area contributed by atoms with Crippen LogP contribution in [0, 0.1) is 0 Å². The third kappa shape index (κ3) is 3.95. The molecule has 0 amide bonds. The minimum absolute atomic E-state index is 0.552. The molecule has 2 unspecified atom stereocenters. The Labute approximate surface area is 134 Å². The van der Waals surface area contributed by atoms with Gasteiger partial charge in [-0.1, -0.05) is 48.1 Å². The van der Waals surface area contributed by atoms with E-state index in [-0.39, 0.29) is 0 Å². The number of thioether (sulfide) groups is 1. The summed E-state index contributed by atoms with van der Waals surface area (Å²) in [6, 6.07) is 4.09. The maximum atomic E-state index is 6.22. The van der Waals surface area contributed by atoms with E-state index in [1.54, 1.807) is 12.1 Å². The van der Waals surface area contributed by atoms with Crippen molar-refractivity contribution in [3.05, 3.63) is 32.8 Å². The molecule has 1 aromatic carbocycles. The Morgan fingerprint density at radius 3 is 2.68 bits per heavy atom. The highest BCUT2D eigenvalue weighted by Gasteiger charge is 2.26. The Bertz CT molecular complexity index is 439. The molecular weight excluding hydrogens is 321 g/mol. The van der Waals surface area contributed by atoms with Gasteiger partial charge in [-0.15, -0.1) is 0 Å². The summed E-state index contributed by atoms with van der Waals surface area (Å²) in [4.78, 5) is 0. The first-order valence-electron chi connectivity index (χ1n) is 6.60. The summed E-state index contributed by atoms with van der Waals surface area (Å²) in [5, 5.41) is 6.12. The van der Waals surface area contributed by atoms with Crippen molar-refractivity contribution >= 4 is 46.6 Å². The molecule has 0 radical (unpaired) electrons. The van der Waals surface area contributed by atoms with Crippen LogP contribution in [0.15, 0.2) is 12.1 Å². The van der Waals surface area contributed by atoms with Gasteiger partial charge >= 0.3 is 0 Å². The number of rotatable bonds is 5. The van der Waals surface area contributed by atoms with Crippen molar-refractivity contribution in [1.82, 2.24) is 5.32 Å². The largest absolute Gasteiger partial charge is 0.309 e. The lowest BCUT2D eigenvalue weighted by molar-refractivity contribution is 0.532. The second-order valence-electron chi connectivity index (χ2n) is 4.73. The van der Waals surface area contributed by atoms with Crippen molar-refractivity contribution in [2.75, 3.05) is 5.75 Å². The Balaban J connectivity index is 2.01. The lowest BCUT2D eigenvalue weighted by atomic mass is 10.2. The molecule has 2 rings (SSSR count). The zero-order chi connectivity index (χ0) is 13.8. The van der Waals surface area contributed by atoms with Crippen LogP contribution in [0.3, 0.4) is 0 Å². The zero-order valence-corrected chi connectivity index (χ0v) is 14.0. The Morgan fingerprint density at radius 1 is 1.21 bits per heavy atom. The van der Waals surface area contributed by atoms with Gasteiger partial charge in [0.15, 0.2) is 0 Å². The summed E-state index contributed by atoms with van der Waals surface area (Å²) in [5.41, 5.74) is 0.906. The van der Waals surface area contributed by atoms with Gasteiger partial charge in [0.2, 0.25) is 0 Å². The van der Waals surface area contributed by atoms with E-state index in [9.17, 15) is 0 Å². The van der Waals surface area contributed by atoms with Crippen LogP contribution in [-0.4, -0.2) is 17.0 Å². The molecular formula is C14H18Cl3NS. The smallest absolute Gasteiger partial charge is 0.0652 e. The average Bonchev–Trinajstić information content (AvgIpc) is 2.82. The van der Waals surface area contributed by atoms with Crippen LogP contribution >= 0.6 is 46.6 Å². The number of hydrogen-bond donors (Lipinski definition) is 1. The molecule has 0 aliphatic heterocycles. The second-order valence-corrected chi connectivity index (χ2v) is 7.44. The summed E-state index contributed by atoms with van der Waals surface area (Å²) in [7, 11) is 0. The first-order valence-corrected chi connectivity index (χ1v) is 8.79. The average molecular weight is 339 g/mol. The fourth-order valence-electron chi connectivity index (χ4n) is 2.54. The molecule has 1 fully saturated rings. The van der Waals surface area contributed by atoms with Crippen LogP contribution < -0.4 is 5.32 Å². The van der Waals surface area contributed by atoms with Crippen LogP contribution in [-0.2, 0) is 6.54 Å². The highest BCUT2D eigenvalue weighted by atomic mass is 35.5. The van der Waals surface area contributed by atoms with Gasteiger partial charge in [0.05, 0.1) is 10.0 Å². The first kappa shape index (κ1) is 15.8. The lowest BCUT2D eigenvalue weighted by Crippen LogP contribution is -2.33. The van der Waals surface area contributed by atoms with Gasteiger partial charge in [0.1, 0.15) is 0 Å². The van der Waals surface area contributed by atoms with E-state index in [1.165, 1.54) is 25.0 Å². The van der Waals surface area contributed by atoms with Gasteiger partial charge in [0.25, 0.3) is 0 Å². The highest BCUT2D eigenvalue weighted by molar-refractivity contribution is 7.99. The van der Waals surface area contributed by atoms with Gasteiger partial charge in [-0.2, -0.15) is 11.8 Å². The van der Waals surface area contributed by atoms with Crippen molar-refractivity contribution in [2.24, 2.45) is 0 Å². The van der Waals surface area contributed by atoms with E-state index < -0.39 is 0 Å². The third-order valence-electron chi connectivity index (χ3n) is 3.51. The molecule has 0 spiro atoms. The van der Waals surface area contributed by atoms with Crippen LogP contribution in [0.25, 0.3) is 0 Å². The summed E-state index contributed by atoms with van der Waals surface area (Å²) >= 11 is 20.5. The summed E-state index contributed by atoms with van der Waals surface area (Å²) in [6.07, 6.45) is 3.83. The number of benzene rings is 1. The molecule has 1 aliphatic carbocycles. The maximum absolute atomic E-state index is 6.22. The Kier molecular flexibility index (Phi) is 6.16. The molecule has 1 N–H and O–H groups in total. The number of halogens is 3. The van der Waals surface area contributed by atoms with E-state index in [4.69, 9.17) is 34.8 Å². The fourth-order valence-corrected chi connectivity index (χ4v) is 4.44. The van der Waals surface area contributed by atoms with Crippen molar-refractivity contribution < 1.29 is 0 Å². The summed E-state index contributed by atoms with van der Waals surface area (Å²) in [5.74, 6) is 1.17. The minimum atomic E-state index is 0.552. The van der Waals surface area contributed by atoms with Gasteiger partial charge in [-0.25, -0.2) is 0 Å². The van der Waals surface area contributed by atoms with Gasteiger partial charge < -0.3 is 5.32 Å². The second kappa shape index (κ2) is 7.42. The van der Waals surface area contributed by atoms with Crippen molar-refractivity contribution in [3.8, 4) is 0 Å². The van der Waals surface area contributed by atoms with Gasteiger partial charge in [0, 0.05) is 28.4 Å². The van der Waals surface area contributed by atoms with Crippen LogP contribution in [0.1, 0.15) is 31.7 Å². The molecule has 106 valence electrons. The van der Waals surface area contributed by atoms with Crippen molar-refractivity contribution in [1.29, 1.82) is 0 Å². The normalized spacial score (nSPS) is 22.9. The van der Waals surface area contributed by atoms with E-state index in [0.29, 0.717) is 32.9 Å². The molecule has 0 heterocycles. The molecule has 1 saturated carbocycles. The summed E-state index contributed by atoms with van der Waals surface area (Å²) in [6.45, 7) is 2.90. The van der Waals surface area contributed by atoms with Crippen molar-refractivity contribution in [3.63, 3.8) is 0 Å². The van der Waals surface area contributed by atoms with Crippen LogP contribution in [0.4, 0.5) is 0 Å². The van der Waals surface area contributed by atoms with Gasteiger partial charge in [-0.05, 0) is 30.7 Å². The van der Waals surface area contributed by atoms with E-state index in [2.05, 4.69) is 12.2 Å². The molecule has 1 aliphatic rings. The van der Waals surface area contributed by atoms with Crippen LogP contribution in [0.5, 0.6) is 0 Å². The Hall–Kier alpha value is 0.400. The third-order valence-corrected chi connectivity index (χ3v) is 6.04. The quantitative estimate of drug-likeness (QED) is 0.720. The van der Waals surface area contributed by atoms with E-state index in [0.717, 1.165) is 5.56 Å². The predicted molar refractivity (Wildman–Crippen MR) is 87.9 cm³/mol. The predicted octanol–water partition coefficient (Wildman–Crippen LogP) is 5.41. The standard InChI is InChI=1S/C14H18Cl3NS/c1-2-19-13-5-3-4-12(13)18-8-9-10(15)6-7-11(16)14(9)17/h6-7,12-13,18H,2-5,8H2,1H3. The minimum Gasteiger partial charge on any atom is -0.309 e. The van der Waals surface area contributed by atoms with Crippen molar-refractivity contribution in [2.45, 2.75) is 44.0 Å². The fraction of sp³-hybridized carbons (Fsp3) is 0.571. The topological polar surface area (TPSA) is 12.0 Å². The monoisotopic (exact) mass is 337 g/mol. The van der Waals surface area contributed by atoms with Crippen LogP contribution in [0.2, 0.25) is 15.1 Å². The highest BCUT2D eigenvalue weighted by Crippen LogP contribution is 2.33. The lowest BCUT2D eigenvalue weighted by Gasteiger charge is -2.21. The number of hydrogen-bond acceptors (Lipinski definition) is 2. The number of nitrogens with one attached hydrogen (secondary N) is 1. The first-order chi connectivity index (χ1) is 9.13. The molecule has 5 heteroatoms. The molecule has 0 aromatic heterocycles. The molecule has 0 bridgehead atoms. The zero-order valence-electron chi connectivity index (χ0n) is 10.9. The molecule has 1 aromatic rings. The Morgan fingerprint density at radius 2 is 1.95 bits per heavy atom. The van der Waals surface area contributed by atoms with E-state index in [1.807, 2.05) is 11.8 Å². The molecule has 0 saturated heterocycles. The summed E-state index contributed by atoms with van der Waals surface area (Å²) < 4.78 is 0. The van der Waals surface area contributed by atoms with Gasteiger partial charge in [-0.3, -0.25) is 0 Å². The molecule has 19 heavy (non-hydrogen) atoms.